The largest absolute Gasteiger partial charge is 0.321 e. The zero-order chi connectivity index (χ0) is 14.9. The molecular weight excluding hydrogens is 429 g/mol. The number of anilines is 1. The molecule has 1 amide bonds. The number of amides is 1. The maximum Gasteiger partial charge on any atom is 0.256 e. The Morgan fingerprint density at radius 3 is 2.50 bits per heavy atom. The van der Waals surface area contributed by atoms with Gasteiger partial charge in [-0.1, -0.05) is 23.2 Å². The van der Waals surface area contributed by atoms with Crippen LogP contribution in [0.3, 0.4) is 0 Å². The van der Waals surface area contributed by atoms with Gasteiger partial charge in [0.25, 0.3) is 5.91 Å². The molecule has 2 aromatic carbocycles. The van der Waals surface area contributed by atoms with Gasteiger partial charge in [-0.15, -0.1) is 0 Å². The quantitative estimate of drug-likeness (QED) is 0.606. The van der Waals surface area contributed by atoms with Crippen LogP contribution in [-0.4, -0.2) is 5.91 Å². The van der Waals surface area contributed by atoms with Crippen LogP contribution in [-0.2, 0) is 0 Å². The number of halogens is 4. The van der Waals surface area contributed by atoms with Gasteiger partial charge in [-0.25, -0.2) is 0 Å². The molecule has 20 heavy (non-hydrogen) atoms. The maximum absolute atomic E-state index is 12.3. The Hall–Kier alpha value is -0.550. The first-order valence-corrected chi connectivity index (χ1v) is 7.94. The van der Waals surface area contributed by atoms with E-state index in [2.05, 4.69) is 37.2 Å². The van der Waals surface area contributed by atoms with Gasteiger partial charge < -0.3 is 5.32 Å². The van der Waals surface area contributed by atoms with Crippen LogP contribution >= 0.6 is 55.1 Å². The summed E-state index contributed by atoms with van der Waals surface area (Å²) in [6.07, 6.45) is 0. The molecular formula is C14H9Br2Cl2NO. The van der Waals surface area contributed by atoms with Crippen molar-refractivity contribution in [3.8, 4) is 0 Å². The molecule has 0 radical (unpaired) electrons. The molecule has 0 fully saturated rings. The van der Waals surface area contributed by atoms with Crippen LogP contribution in [0.5, 0.6) is 0 Å². The smallest absolute Gasteiger partial charge is 0.256 e. The molecule has 0 saturated carbocycles. The second-order valence-electron chi connectivity index (χ2n) is 4.16. The molecule has 0 saturated heterocycles. The van der Waals surface area contributed by atoms with Crippen molar-refractivity contribution in [1.29, 1.82) is 0 Å². The number of carbonyl (C=O) groups excluding carboxylic acids is 1. The Labute approximate surface area is 143 Å². The van der Waals surface area contributed by atoms with Crippen LogP contribution in [0.4, 0.5) is 5.69 Å². The van der Waals surface area contributed by atoms with E-state index in [1.165, 1.54) is 0 Å². The molecule has 6 heteroatoms. The predicted octanol–water partition coefficient (Wildman–Crippen LogP) is 6.08. The lowest BCUT2D eigenvalue weighted by atomic mass is 10.2. The average Bonchev–Trinajstić information content (AvgIpc) is 2.38. The van der Waals surface area contributed by atoms with E-state index >= 15 is 0 Å². The number of aryl methyl sites for hydroxylation is 1. The fourth-order valence-electron chi connectivity index (χ4n) is 1.60. The Bertz CT molecular complexity index is 689. The van der Waals surface area contributed by atoms with Crippen LogP contribution in [0.15, 0.2) is 39.3 Å². The van der Waals surface area contributed by atoms with E-state index in [4.69, 9.17) is 23.2 Å². The summed E-state index contributed by atoms with van der Waals surface area (Å²) in [4.78, 5) is 12.3. The minimum absolute atomic E-state index is 0.264. The van der Waals surface area contributed by atoms with Crippen LogP contribution in [0.2, 0.25) is 10.0 Å². The fraction of sp³-hybridized carbons (Fsp3) is 0.0714. The minimum Gasteiger partial charge on any atom is -0.321 e. The maximum atomic E-state index is 12.3. The van der Waals surface area contributed by atoms with Gasteiger partial charge >= 0.3 is 0 Å². The van der Waals surface area contributed by atoms with E-state index in [1.54, 1.807) is 24.3 Å². The molecule has 2 nitrogen and oxygen atoms in total. The topological polar surface area (TPSA) is 29.1 Å². The van der Waals surface area contributed by atoms with E-state index in [0.29, 0.717) is 25.8 Å². The standard InChI is InChI=1S/C14H9Br2Cl2NO/c1-7-4-11(16)13(6-12(7)18)19-14(20)9-5-8(17)2-3-10(9)15/h2-6H,1H3,(H,19,20). The van der Waals surface area contributed by atoms with E-state index in [1.807, 2.05) is 13.0 Å². The first kappa shape index (κ1) is 15.8. The molecule has 0 aliphatic carbocycles. The summed E-state index contributed by atoms with van der Waals surface area (Å²) in [5.41, 5.74) is 2.00. The third kappa shape index (κ3) is 3.55. The normalized spacial score (nSPS) is 10.4. The Morgan fingerprint density at radius 2 is 1.80 bits per heavy atom. The summed E-state index contributed by atoms with van der Waals surface area (Å²) >= 11 is 18.7. The summed E-state index contributed by atoms with van der Waals surface area (Å²) in [6, 6.07) is 8.60. The summed E-state index contributed by atoms with van der Waals surface area (Å²) in [6.45, 7) is 1.90. The van der Waals surface area contributed by atoms with E-state index < -0.39 is 0 Å². The molecule has 0 aliphatic rings. The highest BCUT2D eigenvalue weighted by Gasteiger charge is 2.13. The van der Waals surface area contributed by atoms with E-state index in [-0.39, 0.29) is 5.91 Å². The van der Waals surface area contributed by atoms with Gasteiger partial charge in [-0.2, -0.15) is 0 Å². The molecule has 0 atom stereocenters. The molecule has 0 aromatic heterocycles. The number of hydrogen-bond donors (Lipinski definition) is 1. The highest BCUT2D eigenvalue weighted by atomic mass is 79.9. The Kier molecular flexibility index (Phi) is 5.13. The summed E-state index contributed by atoms with van der Waals surface area (Å²) in [5, 5.41) is 3.89. The second-order valence-corrected chi connectivity index (χ2v) is 6.71. The molecule has 0 unspecified atom stereocenters. The van der Waals surface area contributed by atoms with Gasteiger partial charge in [0.1, 0.15) is 0 Å². The summed E-state index contributed by atoms with van der Waals surface area (Å²) in [7, 11) is 0. The molecule has 104 valence electrons. The van der Waals surface area contributed by atoms with Gasteiger partial charge in [0.15, 0.2) is 0 Å². The molecule has 0 spiro atoms. The lowest BCUT2D eigenvalue weighted by molar-refractivity contribution is 0.102. The number of benzene rings is 2. The minimum atomic E-state index is -0.264. The number of rotatable bonds is 2. The highest BCUT2D eigenvalue weighted by Crippen LogP contribution is 2.30. The van der Waals surface area contributed by atoms with E-state index in [0.717, 1.165) is 10.0 Å². The zero-order valence-electron chi connectivity index (χ0n) is 10.3. The molecule has 2 aromatic rings. The van der Waals surface area contributed by atoms with Gasteiger partial charge in [0.05, 0.1) is 11.3 Å². The molecule has 1 N–H and O–H groups in total. The third-order valence-corrected chi connectivity index (χ3v) is 4.66. The molecule has 0 heterocycles. The van der Waals surface area contributed by atoms with Crippen LogP contribution in [0.1, 0.15) is 15.9 Å². The van der Waals surface area contributed by atoms with Gasteiger partial charge in [-0.05, 0) is 74.7 Å². The number of hydrogen-bond acceptors (Lipinski definition) is 1. The lowest BCUT2D eigenvalue weighted by Gasteiger charge is -2.10. The average molecular weight is 438 g/mol. The lowest BCUT2D eigenvalue weighted by Crippen LogP contribution is -2.13. The molecule has 0 bridgehead atoms. The summed E-state index contributed by atoms with van der Waals surface area (Å²) < 4.78 is 1.44. The van der Waals surface area contributed by atoms with Gasteiger partial charge in [0, 0.05) is 19.0 Å². The number of carbonyl (C=O) groups is 1. The van der Waals surface area contributed by atoms with Crippen LogP contribution in [0.25, 0.3) is 0 Å². The predicted molar refractivity (Wildman–Crippen MR) is 91.0 cm³/mol. The summed E-state index contributed by atoms with van der Waals surface area (Å²) in [5.74, 6) is -0.264. The van der Waals surface area contributed by atoms with Crippen molar-refractivity contribution in [1.82, 2.24) is 0 Å². The number of nitrogens with one attached hydrogen (secondary N) is 1. The van der Waals surface area contributed by atoms with Crippen molar-refractivity contribution in [3.05, 3.63) is 60.4 Å². The molecule has 0 aliphatic heterocycles. The van der Waals surface area contributed by atoms with Gasteiger partial charge in [0.2, 0.25) is 0 Å². The van der Waals surface area contributed by atoms with Crippen molar-refractivity contribution >= 4 is 66.7 Å². The van der Waals surface area contributed by atoms with Crippen LogP contribution in [0, 0.1) is 6.92 Å². The first-order valence-electron chi connectivity index (χ1n) is 5.60. The molecule has 2 rings (SSSR count). The van der Waals surface area contributed by atoms with Crippen molar-refractivity contribution in [2.24, 2.45) is 0 Å². The van der Waals surface area contributed by atoms with Crippen molar-refractivity contribution in [2.45, 2.75) is 6.92 Å². The first-order chi connectivity index (χ1) is 9.38. The van der Waals surface area contributed by atoms with Crippen molar-refractivity contribution in [3.63, 3.8) is 0 Å². The highest BCUT2D eigenvalue weighted by molar-refractivity contribution is 9.11. The van der Waals surface area contributed by atoms with E-state index in [9.17, 15) is 4.79 Å². The van der Waals surface area contributed by atoms with Crippen molar-refractivity contribution in [2.75, 3.05) is 5.32 Å². The fourth-order valence-corrected chi connectivity index (χ4v) is 2.92. The zero-order valence-corrected chi connectivity index (χ0v) is 15.0. The Balaban J connectivity index is 2.32. The Morgan fingerprint density at radius 1 is 1.10 bits per heavy atom. The third-order valence-electron chi connectivity index (χ3n) is 2.67. The van der Waals surface area contributed by atoms with Gasteiger partial charge in [-0.3, -0.25) is 4.79 Å². The van der Waals surface area contributed by atoms with Crippen LogP contribution < -0.4 is 5.32 Å². The monoisotopic (exact) mass is 435 g/mol. The SMILES string of the molecule is Cc1cc(Br)c(NC(=O)c2cc(Cl)ccc2Br)cc1Cl. The van der Waals surface area contributed by atoms with Crippen molar-refractivity contribution < 1.29 is 4.79 Å². The second kappa shape index (κ2) is 6.48.